The minimum atomic E-state index is -0.311. The van der Waals surface area contributed by atoms with Gasteiger partial charge in [-0.05, 0) is 37.6 Å². The first-order valence-corrected chi connectivity index (χ1v) is 11.5. The molecular formula is C24H23Cl2N3O4. The van der Waals surface area contributed by atoms with Gasteiger partial charge in [-0.2, -0.15) is 0 Å². The van der Waals surface area contributed by atoms with Crippen LogP contribution in [0.25, 0.3) is 0 Å². The van der Waals surface area contributed by atoms with Crippen LogP contribution in [0.2, 0.25) is 10.0 Å². The van der Waals surface area contributed by atoms with E-state index in [4.69, 9.17) is 23.2 Å². The molecule has 0 N–H and O–H groups in total. The third-order valence-corrected chi connectivity index (χ3v) is 6.82. The topological polar surface area (TPSA) is 78.0 Å². The zero-order chi connectivity index (χ0) is 23.7. The Bertz CT molecular complexity index is 1140. The number of nitrogens with zero attached hydrogens (tertiary/aromatic N) is 3. The number of hydrogen-bond donors (Lipinski definition) is 0. The highest BCUT2D eigenvalue weighted by atomic mass is 35.5. The highest BCUT2D eigenvalue weighted by Gasteiger charge is 2.35. The van der Waals surface area contributed by atoms with E-state index in [1.54, 1.807) is 40.1 Å². The normalized spacial score (nSPS) is 15.8. The summed E-state index contributed by atoms with van der Waals surface area (Å²) in [6, 6.07) is 10.1. The summed E-state index contributed by atoms with van der Waals surface area (Å²) in [6.45, 7) is 3.68. The van der Waals surface area contributed by atoms with Crippen LogP contribution in [-0.2, 0) is 4.79 Å². The third kappa shape index (κ3) is 4.61. The summed E-state index contributed by atoms with van der Waals surface area (Å²) < 4.78 is 0. The molecule has 33 heavy (non-hydrogen) atoms. The van der Waals surface area contributed by atoms with Crippen LogP contribution in [0.3, 0.4) is 0 Å². The summed E-state index contributed by atoms with van der Waals surface area (Å²) in [7, 11) is 0. The molecule has 2 heterocycles. The first kappa shape index (κ1) is 23.3. The minimum Gasteiger partial charge on any atom is -0.339 e. The van der Waals surface area contributed by atoms with Crippen LogP contribution in [0.15, 0.2) is 36.4 Å². The molecule has 0 atom stereocenters. The Balaban J connectivity index is 1.26. The molecule has 172 valence electrons. The smallest absolute Gasteiger partial charge is 0.261 e. The second-order valence-electron chi connectivity index (χ2n) is 8.19. The van der Waals surface area contributed by atoms with Crippen molar-refractivity contribution in [3.8, 4) is 0 Å². The molecule has 2 aliphatic heterocycles. The Morgan fingerprint density at radius 3 is 2.30 bits per heavy atom. The summed E-state index contributed by atoms with van der Waals surface area (Å²) in [5.74, 6) is -0.891. The number of carbonyl (C=O) groups excluding carboxylic acids is 4. The van der Waals surface area contributed by atoms with Gasteiger partial charge in [0.2, 0.25) is 5.91 Å². The molecule has 2 aromatic carbocycles. The summed E-state index contributed by atoms with van der Waals surface area (Å²) in [4.78, 5) is 55.0. The van der Waals surface area contributed by atoms with Gasteiger partial charge in [0, 0.05) is 39.1 Å². The van der Waals surface area contributed by atoms with Crippen LogP contribution in [0.4, 0.5) is 0 Å². The maximum atomic E-state index is 12.8. The first-order valence-electron chi connectivity index (χ1n) is 10.8. The average Bonchev–Trinajstić information content (AvgIpc) is 3.04. The minimum absolute atomic E-state index is 0.0599. The molecule has 0 bridgehead atoms. The molecule has 0 aromatic heterocycles. The standard InChI is InChI=1S/C24H23Cl2N3O4/c1-15-7-8-16-18(14-15)24(33)29(23(16)32)9-3-6-20(30)27-10-12-28(13-11-27)22(31)17-4-2-5-19(25)21(17)26/h2,4-5,7-8,14H,3,6,9-13H2,1H3. The number of rotatable bonds is 5. The van der Waals surface area contributed by atoms with Gasteiger partial charge in [-0.15, -0.1) is 0 Å². The highest BCUT2D eigenvalue weighted by molar-refractivity contribution is 6.43. The Morgan fingerprint density at radius 2 is 1.58 bits per heavy atom. The van der Waals surface area contributed by atoms with Crippen molar-refractivity contribution in [2.45, 2.75) is 19.8 Å². The molecule has 0 radical (unpaired) electrons. The van der Waals surface area contributed by atoms with Gasteiger partial charge in [-0.3, -0.25) is 24.1 Å². The molecule has 2 aromatic rings. The number of imide groups is 1. The lowest BCUT2D eigenvalue weighted by atomic mass is 10.1. The van der Waals surface area contributed by atoms with Crippen molar-refractivity contribution in [1.29, 1.82) is 0 Å². The molecule has 0 saturated carbocycles. The average molecular weight is 488 g/mol. The van der Waals surface area contributed by atoms with E-state index in [9.17, 15) is 19.2 Å². The number of carbonyl (C=O) groups is 4. The van der Waals surface area contributed by atoms with Gasteiger partial charge in [-0.1, -0.05) is 40.9 Å². The van der Waals surface area contributed by atoms with E-state index in [1.165, 1.54) is 4.90 Å². The molecule has 0 aliphatic carbocycles. The molecule has 4 amide bonds. The predicted molar refractivity (Wildman–Crippen MR) is 125 cm³/mol. The molecule has 1 saturated heterocycles. The number of halogens is 2. The van der Waals surface area contributed by atoms with Crippen molar-refractivity contribution < 1.29 is 19.2 Å². The molecule has 2 aliphatic rings. The fraction of sp³-hybridized carbons (Fsp3) is 0.333. The van der Waals surface area contributed by atoms with E-state index in [0.717, 1.165) is 5.56 Å². The SMILES string of the molecule is Cc1ccc2c(c1)C(=O)N(CCCC(=O)N1CCN(C(=O)c3cccc(Cl)c3Cl)CC1)C2=O. The maximum absolute atomic E-state index is 12.8. The Labute approximate surface area is 201 Å². The number of fused-ring (bicyclic) bond motifs is 1. The zero-order valence-corrected chi connectivity index (χ0v) is 19.7. The van der Waals surface area contributed by atoms with Crippen molar-refractivity contribution in [2.24, 2.45) is 0 Å². The Morgan fingerprint density at radius 1 is 0.909 bits per heavy atom. The second kappa shape index (κ2) is 9.53. The van der Waals surface area contributed by atoms with Crippen LogP contribution in [0, 0.1) is 6.92 Å². The van der Waals surface area contributed by atoms with E-state index in [2.05, 4.69) is 0 Å². The van der Waals surface area contributed by atoms with E-state index < -0.39 is 0 Å². The Hall–Kier alpha value is -2.90. The molecule has 7 nitrogen and oxygen atoms in total. The van der Waals surface area contributed by atoms with Crippen molar-refractivity contribution >= 4 is 46.8 Å². The van der Waals surface area contributed by atoms with Crippen LogP contribution >= 0.6 is 23.2 Å². The number of amides is 4. The van der Waals surface area contributed by atoms with Gasteiger partial charge in [0.05, 0.1) is 26.7 Å². The zero-order valence-electron chi connectivity index (χ0n) is 18.1. The quantitative estimate of drug-likeness (QED) is 0.602. The number of hydrogen-bond acceptors (Lipinski definition) is 4. The summed E-state index contributed by atoms with van der Waals surface area (Å²) in [6.07, 6.45) is 0.612. The lowest BCUT2D eigenvalue weighted by Crippen LogP contribution is -2.50. The maximum Gasteiger partial charge on any atom is 0.261 e. The van der Waals surface area contributed by atoms with Crippen molar-refractivity contribution in [1.82, 2.24) is 14.7 Å². The summed E-state index contributed by atoms with van der Waals surface area (Å²) >= 11 is 12.2. The summed E-state index contributed by atoms with van der Waals surface area (Å²) in [5, 5.41) is 0.551. The van der Waals surface area contributed by atoms with Crippen molar-refractivity contribution in [2.75, 3.05) is 32.7 Å². The number of benzene rings is 2. The van der Waals surface area contributed by atoms with Crippen LogP contribution in [0.5, 0.6) is 0 Å². The monoisotopic (exact) mass is 487 g/mol. The van der Waals surface area contributed by atoms with Gasteiger partial charge in [0.15, 0.2) is 0 Å². The third-order valence-electron chi connectivity index (χ3n) is 6.00. The summed E-state index contributed by atoms with van der Waals surface area (Å²) in [5.41, 5.74) is 2.10. The Kier molecular flexibility index (Phi) is 6.72. The fourth-order valence-electron chi connectivity index (χ4n) is 4.15. The van der Waals surface area contributed by atoms with Crippen LogP contribution in [0.1, 0.15) is 49.5 Å². The van der Waals surface area contributed by atoms with E-state index >= 15 is 0 Å². The number of piperazine rings is 1. The first-order chi connectivity index (χ1) is 15.8. The largest absolute Gasteiger partial charge is 0.339 e. The van der Waals surface area contributed by atoms with Gasteiger partial charge in [0.1, 0.15) is 0 Å². The molecule has 9 heteroatoms. The van der Waals surface area contributed by atoms with Crippen molar-refractivity contribution in [3.05, 3.63) is 68.7 Å². The van der Waals surface area contributed by atoms with Gasteiger partial charge in [-0.25, -0.2) is 0 Å². The predicted octanol–water partition coefficient (Wildman–Crippen LogP) is 3.66. The highest BCUT2D eigenvalue weighted by Crippen LogP contribution is 2.27. The van der Waals surface area contributed by atoms with Gasteiger partial charge in [0.25, 0.3) is 17.7 Å². The second-order valence-corrected chi connectivity index (χ2v) is 8.97. The molecule has 0 unspecified atom stereocenters. The van der Waals surface area contributed by atoms with E-state index in [-0.39, 0.29) is 41.6 Å². The van der Waals surface area contributed by atoms with Crippen LogP contribution < -0.4 is 0 Å². The van der Waals surface area contributed by atoms with Gasteiger partial charge < -0.3 is 9.80 Å². The number of aryl methyl sites for hydroxylation is 1. The molecule has 0 spiro atoms. The fourth-order valence-corrected chi connectivity index (χ4v) is 4.53. The molecular weight excluding hydrogens is 465 g/mol. The van der Waals surface area contributed by atoms with E-state index in [0.29, 0.717) is 54.3 Å². The molecule has 4 rings (SSSR count). The molecule has 1 fully saturated rings. The van der Waals surface area contributed by atoms with Crippen LogP contribution in [-0.4, -0.2) is 71.1 Å². The lowest BCUT2D eigenvalue weighted by molar-refractivity contribution is -0.132. The van der Waals surface area contributed by atoms with Gasteiger partial charge >= 0.3 is 0 Å². The van der Waals surface area contributed by atoms with E-state index in [1.807, 2.05) is 13.0 Å². The lowest BCUT2D eigenvalue weighted by Gasteiger charge is -2.35. The van der Waals surface area contributed by atoms with Crippen molar-refractivity contribution in [3.63, 3.8) is 0 Å².